The topological polar surface area (TPSA) is 30.5 Å². The highest BCUT2D eigenvalue weighted by atomic mass is 16.7. The molecule has 3 heteroatoms. The normalized spacial score (nSPS) is 20.2. The van der Waals surface area contributed by atoms with Crippen LogP contribution < -0.4 is 5.32 Å². The molecule has 0 spiro atoms. The Hall–Kier alpha value is -0.900. The molecule has 0 radical (unpaired) electrons. The summed E-state index contributed by atoms with van der Waals surface area (Å²) in [6.45, 7) is 4.62. The lowest BCUT2D eigenvalue weighted by atomic mass is 9.99. The van der Waals surface area contributed by atoms with E-state index in [0.29, 0.717) is 6.04 Å². The molecule has 1 aromatic carbocycles. The largest absolute Gasteiger partial charge is 0.350 e. The van der Waals surface area contributed by atoms with Gasteiger partial charge in [0.15, 0.2) is 6.29 Å². The van der Waals surface area contributed by atoms with E-state index in [1.807, 2.05) is 0 Å². The molecular formula is C17H25NO2. The van der Waals surface area contributed by atoms with Crippen LogP contribution in [0.3, 0.4) is 0 Å². The van der Waals surface area contributed by atoms with Crippen molar-refractivity contribution in [1.82, 2.24) is 5.32 Å². The molecule has 1 unspecified atom stereocenters. The van der Waals surface area contributed by atoms with E-state index < -0.39 is 0 Å². The molecular weight excluding hydrogens is 250 g/mol. The predicted octanol–water partition coefficient (Wildman–Crippen LogP) is 2.46. The van der Waals surface area contributed by atoms with Crippen LogP contribution >= 0.6 is 0 Å². The van der Waals surface area contributed by atoms with Gasteiger partial charge in [0, 0.05) is 12.5 Å². The number of hydrogen-bond donors (Lipinski definition) is 1. The lowest BCUT2D eigenvalue weighted by Gasteiger charge is -2.21. The first-order chi connectivity index (χ1) is 9.85. The van der Waals surface area contributed by atoms with Crippen LogP contribution in [-0.4, -0.2) is 32.1 Å². The van der Waals surface area contributed by atoms with Gasteiger partial charge in [0.25, 0.3) is 0 Å². The SMILES string of the molecule is CCNC(Cc1ccc2c(c1)CCC2)CC1OCCO1. The van der Waals surface area contributed by atoms with Crippen molar-refractivity contribution >= 4 is 0 Å². The van der Waals surface area contributed by atoms with Crippen LogP contribution in [0.5, 0.6) is 0 Å². The van der Waals surface area contributed by atoms with Crippen LogP contribution in [0.25, 0.3) is 0 Å². The molecule has 1 aliphatic heterocycles. The number of nitrogens with one attached hydrogen (secondary N) is 1. The number of benzene rings is 1. The minimum Gasteiger partial charge on any atom is -0.350 e. The molecule has 1 fully saturated rings. The Kier molecular flexibility index (Phi) is 4.71. The van der Waals surface area contributed by atoms with E-state index in [1.165, 1.54) is 24.8 Å². The summed E-state index contributed by atoms with van der Waals surface area (Å²) in [6.07, 6.45) is 5.81. The Morgan fingerprint density at radius 2 is 2.00 bits per heavy atom. The lowest BCUT2D eigenvalue weighted by Crippen LogP contribution is -2.34. The first-order valence-electron chi connectivity index (χ1n) is 7.92. The van der Waals surface area contributed by atoms with E-state index in [9.17, 15) is 0 Å². The van der Waals surface area contributed by atoms with Crippen LogP contribution in [0.15, 0.2) is 18.2 Å². The number of likely N-dealkylation sites (N-methyl/N-ethyl adjacent to an activating group) is 1. The van der Waals surface area contributed by atoms with E-state index in [-0.39, 0.29) is 6.29 Å². The third kappa shape index (κ3) is 3.40. The first-order valence-corrected chi connectivity index (χ1v) is 7.92. The summed E-state index contributed by atoms with van der Waals surface area (Å²) >= 11 is 0. The quantitative estimate of drug-likeness (QED) is 0.865. The van der Waals surface area contributed by atoms with E-state index in [2.05, 4.69) is 30.4 Å². The Balaban J connectivity index is 1.62. The third-order valence-corrected chi connectivity index (χ3v) is 4.31. The highest BCUT2D eigenvalue weighted by molar-refractivity contribution is 5.35. The van der Waals surface area contributed by atoms with Crippen LogP contribution in [0.2, 0.25) is 0 Å². The Bertz CT molecular complexity index is 441. The molecule has 1 aromatic rings. The average molecular weight is 275 g/mol. The summed E-state index contributed by atoms with van der Waals surface area (Å²) in [4.78, 5) is 0. The van der Waals surface area contributed by atoms with Crippen molar-refractivity contribution in [2.24, 2.45) is 0 Å². The molecule has 1 N–H and O–H groups in total. The van der Waals surface area contributed by atoms with Gasteiger partial charge in [0.1, 0.15) is 0 Å². The standard InChI is InChI=1S/C17H25NO2/c1-2-18-16(12-17-19-8-9-20-17)11-13-6-7-14-4-3-5-15(14)10-13/h6-7,10,16-18H,2-5,8-9,11-12H2,1H3. The summed E-state index contributed by atoms with van der Waals surface area (Å²) in [6, 6.07) is 7.46. The van der Waals surface area contributed by atoms with Gasteiger partial charge in [0.05, 0.1) is 13.2 Å². The highest BCUT2D eigenvalue weighted by Crippen LogP contribution is 2.24. The zero-order chi connectivity index (χ0) is 13.8. The van der Waals surface area contributed by atoms with Gasteiger partial charge in [-0.25, -0.2) is 0 Å². The van der Waals surface area contributed by atoms with E-state index in [1.54, 1.807) is 11.1 Å². The van der Waals surface area contributed by atoms with Crippen LogP contribution in [0.1, 0.15) is 36.5 Å². The van der Waals surface area contributed by atoms with Crippen molar-refractivity contribution in [3.63, 3.8) is 0 Å². The van der Waals surface area contributed by atoms with E-state index >= 15 is 0 Å². The number of fused-ring (bicyclic) bond motifs is 1. The fraction of sp³-hybridized carbons (Fsp3) is 0.647. The predicted molar refractivity (Wildman–Crippen MR) is 79.9 cm³/mol. The lowest BCUT2D eigenvalue weighted by molar-refractivity contribution is -0.0525. The second-order valence-corrected chi connectivity index (χ2v) is 5.82. The van der Waals surface area contributed by atoms with Crippen molar-refractivity contribution in [3.8, 4) is 0 Å². The molecule has 3 nitrogen and oxygen atoms in total. The van der Waals surface area contributed by atoms with E-state index in [4.69, 9.17) is 9.47 Å². The fourth-order valence-electron chi connectivity index (χ4n) is 3.34. The van der Waals surface area contributed by atoms with Crippen LogP contribution in [-0.2, 0) is 28.7 Å². The minimum absolute atomic E-state index is 0.0199. The van der Waals surface area contributed by atoms with Gasteiger partial charge in [-0.3, -0.25) is 0 Å². The molecule has 0 amide bonds. The van der Waals surface area contributed by atoms with Crippen LogP contribution in [0, 0.1) is 0 Å². The van der Waals surface area contributed by atoms with Crippen molar-refractivity contribution in [2.45, 2.75) is 51.4 Å². The molecule has 20 heavy (non-hydrogen) atoms. The summed E-state index contributed by atoms with van der Waals surface area (Å²) in [5, 5.41) is 3.57. The van der Waals surface area contributed by atoms with E-state index in [0.717, 1.165) is 32.6 Å². The number of rotatable bonds is 6. The summed E-state index contributed by atoms with van der Waals surface area (Å²) in [5.41, 5.74) is 4.55. The molecule has 1 saturated heterocycles. The minimum atomic E-state index is -0.0199. The molecule has 2 aliphatic rings. The Labute approximate surface area is 121 Å². The molecule has 0 saturated carbocycles. The highest BCUT2D eigenvalue weighted by Gasteiger charge is 2.21. The molecule has 1 heterocycles. The van der Waals surface area contributed by atoms with Crippen LogP contribution in [0.4, 0.5) is 0 Å². The zero-order valence-electron chi connectivity index (χ0n) is 12.4. The van der Waals surface area contributed by atoms with Crippen molar-refractivity contribution in [3.05, 3.63) is 34.9 Å². The van der Waals surface area contributed by atoms with Gasteiger partial charge in [0.2, 0.25) is 0 Å². The monoisotopic (exact) mass is 275 g/mol. The van der Waals surface area contributed by atoms with Gasteiger partial charge in [-0.15, -0.1) is 0 Å². The molecule has 1 atom stereocenters. The first kappa shape index (κ1) is 14.1. The average Bonchev–Trinajstić information content (AvgIpc) is 3.09. The Morgan fingerprint density at radius 1 is 1.20 bits per heavy atom. The summed E-state index contributed by atoms with van der Waals surface area (Å²) in [5.74, 6) is 0. The van der Waals surface area contributed by atoms with Crippen molar-refractivity contribution in [1.29, 1.82) is 0 Å². The zero-order valence-corrected chi connectivity index (χ0v) is 12.4. The second-order valence-electron chi connectivity index (χ2n) is 5.82. The van der Waals surface area contributed by atoms with Gasteiger partial charge in [-0.05, 0) is 48.9 Å². The van der Waals surface area contributed by atoms with Crippen molar-refractivity contribution in [2.75, 3.05) is 19.8 Å². The fourth-order valence-corrected chi connectivity index (χ4v) is 3.34. The smallest absolute Gasteiger partial charge is 0.159 e. The van der Waals surface area contributed by atoms with Gasteiger partial charge >= 0.3 is 0 Å². The van der Waals surface area contributed by atoms with Crippen molar-refractivity contribution < 1.29 is 9.47 Å². The number of ether oxygens (including phenoxy) is 2. The molecule has 110 valence electrons. The molecule has 0 aromatic heterocycles. The summed E-state index contributed by atoms with van der Waals surface area (Å²) in [7, 11) is 0. The number of aryl methyl sites for hydroxylation is 2. The maximum Gasteiger partial charge on any atom is 0.159 e. The summed E-state index contributed by atoms with van der Waals surface area (Å²) < 4.78 is 11.2. The molecule has 3 rings (SSSR count). The van der Waals surface area contributed by atoms with Gasteiger partial charge < -0.3 is 14.8 Å². The molecule has 0 bridgehead atoms. The Morgan fingerprint density at radius 3 is 2.80 bits per heavy atom. The van der Waals surface area contributed by atoms with Gasteiger partial charge in [-0.1, -0.05) is 25.1 Å². The van der Waals surface area contributed by atoms with Gasteiger partial charge in [-0.2, -0.15) is 0 Å². The maximum absolute atomic E-state index is 5.58. The molecule has 1 aliphatic carbocycles. The third-order valence-electron chi connectivity index (χ3n) is 4.31. The maximum atomic E-state index is 5.58. The second kappa shape index (κ2) is 6.70. The number of hydrogen-bond acceptors (Lipinski definition) is 3.